The van der Waals surface area contributed by atoms with Gasteiger partial charge in [-0.2, -0.15) is 0 Å². The van der Waals surface area contributed by atoms with Crippen LogP contribution in [0.15, 0.2) is 267 Å². The summed E-state index contributed by atoms with van der Waals surface area (Å²) in [6.07, 6.45) is 8.46. The van der Waals surface area contributed by atoms with Gasteiger partial charge in [-0.1, -0.05) is 267 Å². The summed E-state index contributed by atoms with van der Waals surface area (Å²) in [5.74, 6) is 0. The highest BCUT2D eigenvalue weighted by Crippen LogP contribution is 2.39. The molecule has 0 N–H and O–H groups in total. The molecular formula is C68H48N2. The van der Waals surface area contributed by atoms with Crippen LogP contribution in [-0.4, -0.2) is 9.97 Å². The predicted octanol–water partition coefficient (Wildman–Crippen LogP) is 17.1. The Morgan fingerprint density at radius 3 is 0.700 bits per heavy atom. The minimum atomic E-state index is 0.874. The molecule has 0 radical (unpaired) electrons. The zero-order chi connectivity index (χ0) is 46.9. The molecule has 0 saturated heterocycles. The van der Waals surface area contributed by atoms with E-state index < -0.39 is 0 Å². The van der Waals surface area contributed by atoms with Crippen molar-refractivity contribution < 1.29 is 0 Å². The number of pyridine rings is 2. The number of nitrogens with zero attached hydrogens (tertiary/aromatic N) is 2. The van der Waals surface area contributed by atoms with E-state index in [1.807, 2.05) is 0 Å². The molecule has 0 aliphatic heterocycles. The number of hydrogen-bond donors (Lipinski definition) is 0. The number of aromatic nitrogens is 2. The Labute approximate surface area is 410 Å². The first kappa shape index (κ1) is 43.3. The number of hydrogen-bond acceptors (Lipinski definition) is 2. The van der Waals surface area contributed by atoms with Crippen LogP contribution in [0.25, 0.3) is 68.4 Å². The van der Waals surface area contributed by atoms with Crippen LogP contribution in [0.3, 0.4) is 0 Å². The van der Waals surface area contributed by atoms with Gasteiger partial charge in [-0.25, -0.2) is 9.97 Å². The van der Waals surface area contributed by atoms with E-state index in [1.165, 1.54) is 55.7 Å². The van der Waals surface area contributed by atoms with Crippen LogP contribution < -0.4 is 0 Å². The van der Waals surface area contributed by atoms with Crippen molar-refractivity contribution in [2.24, 2.45) is 0 Å². The van der Waals surface area contributed by atoms with Crippen molar-refractivity contribution in [1.82, 2.24) is 9.97 Å². The van der Waals surface area contributed by atoms with Crippen LogP contribution in [0.1, 0.15) is 67.0 Å². The SMILES string of the molecule is C(=C\c1ccc2ccc3ccc(/C=C/c4ccc(C(=C(c5ccccc5)c5ccccc5)c5ccccc5)cc4)nc3c2n1)/c1ccc(C(=C(c2ccccc2)c2ccccc2)c2ccccc2)cc1. The summed E-state index contributed by atoms with van der Waals surface area (Å²) < 4.78 is 0. The van der Waals surface area contributed by atoms with E-state index in [9.17, 15) is 0 Å². The minimum absolute atomic E-state index is 0.874. The zero-order valence-electron chi connectivity index (χ0n) is 38.6. The summed E-state index contributed by atoms with van der Waals surface area (Å²) in [6, 6.07) is 94.6. The molecule has 2 nitrogen and oxygen atoms in total. The molecule has 11 aromatic rings. The summed E-state index contributed by atoms with van der Waals surface area (Å²) in [4.78, 5) is 10.4. The predicted molar refractivity (Wildman–Crippen MR) is 296 cm³/mol. The van der Waals surface area contributed by atoms with E-state index in [4.69, 9.17) is 9.97 Å². The van der Waals surface area contributed by atoms with E-state index >= 15 is 0 Å². The van der Waals surface area contributed by atoms with Gasteiger partial charge in [0.25, 0.3) is 0 Å². The molecule has 0 fully saturated rings. The number of benzene rings is 9. The van der Waals surface area contributed by atoms with E-state index in [2.05, 4.69) is 291 Å². The normalized spacial score (nSPS) is 11.3. The second kappa shape index (κ2) is 20.3. The highest BCUT2D eigenvalue weighted by molar-refractivity contribution is 6.06. The van der Waals surface area contributed by atoms with Crippen molar-refractivity contribution in [3.63, 3.8) is 0 Å². The fourth-order valence-electron chi connectivity index (χ4n) is 9.32. The van der Waals surface area contributed by atoms with E-state index in [-0.39, 0.29) is 0 Å². The van der Waals surface area contributed by atoms with E-state index in [0.717, 1.165) is 55.4 Å². The van der Waals surface area contributed by atoms with Gasteiger partial charge in [0.2, 0.25) is 0 Å². The first-order valence-corrected chi connectivity index (χ1v) is 23.8. The first-order valence-electron chi connectivity index (χ1n) is 23.8. The van der Waals surface area contributed by atoms with Gasteiger partial charge in [0.1, 0.15) is 0 Å². The monoisotopic (exact) mass is 892 g/mol. The summed E-state index contributed by atoms with van der Waals surface area (Å²) in [7, 11) is 0. The third-order valence-corrected chi connectivity index (χ3v) is 12.7. The fraction of sp³-hybridized carbons (Fsp3) is 0. The summed E-state index contributed by atoms with van der Waals surface area (Å²) >= 11 is 0. The molecular weight excluding hydrogens is 845 g/mol. The molecule has 0 aliphatic rings. The Hall–Kier alpha value is -9.24. The van der Waals surface area contributed by atoms with Crippen LogP contribution in [0.4, 0.5) is 0 Å². The van der Waals surface area contributed by atoms with Gasteiger partial charge in [-0.3, -0.25) is 0 Å². The summed E-state index contributed by atoms with van der Waals surface area (Å²) in [6.45, 7) is 0. The molecule has 9 aromatic carbocycles. The Morgan fingerprint density at radius 2 is 0.443 bits per heavy atom. The average Bonchev–Trinajstić information content (AvgIpc) is 3.44. The quantitative estimate of drug-likeness (QED) is 0.0902. The third-order valence-electron chi connectivity index (χ3n) is 12.7. The van der Waals surface area contributed by atoms with Gasteiger partial charge in [0.15, 0.2) is 0 Å². The fourth-order valence-corrected chi connectivity index (χ4v) is 9.32. The van der Waals surface area contributed by atoms with Crippen LogP contribution in [0, 0.1) is 0 Å². The molecule has 0 aliphatic carbocycles. The smallest absolute Gasteiger partial charge is 0.0972 e. The maximum atomic E-state index is 5.18. The lowest BCUT2D eigenvalue weighted by molar-refractivity contribution is 1.34. The maximum Gasteiger partial charge on any atom is 0.0972 e. The van der Waals surface area contributed by atoms with Gasteiger partial charge >= 0.3 is 0 Å². The Balaban J connectivity index is 0.883. The van der Waals surface area contributed by atoms with E-state index in [1.54, 1.807) is 0 Å². The summed E-state index contributed by atoms with van der Waals surface area (Å²) in [5.41, 5.74) is 19.9. The Kier molecular flexibility index (Phi) is 12.6. The van der Waals surface area contributed by atoms with Crippen molar-refractivity contribution in [3.8, 4) is 0 Å². The van der Waals surface area contributed by atoms with Crippen molar-refractivity contribution in [2.45, 2.75) is 0 Å². The van der Waals surface area contributed by atoms with Crippen molar-refractivity contribution in [3.05, 3.63) is 334 Å². The van der Waals surface area contributed by atoms with Gasteiger partial charge in [0, 0.05) is 10.8 Å². The van der Waals surface area contributed by atoms with Crippen LogP contribution >= 0.6 is 0 Å². The molecule has 0 unspecified atom stereocenters. The topological polar surface area (TPSA) is 25.8 Å². The second-order valence-corrected chi connectivity index (χ2v) is 17.3. The van der Waals surface area contributed by atoms with Crippen LogP contribution in [0.5, 0.6) is 0 Å². The molecule has 2 aromatic heterocycles. The second-order valence-electron chi connectivity index (χ2n) is 17.3. The first-order chi connectivity index (χ1) is 34.7. The third kappa shape index (κ3) is 9.49. The van der Waals surface area contributed by atoms with Gasteiger partial charge < -0.3 is 0 Å². The highest BCUT2D eigenvalue weighted by atomic mass is 14.8. The molecule has 330 valence electrons. The molecule has 2 heterocycles. The maximum absolute atomic E-state index is 5.18. The largest absolute Gasteiger partial charge is 0.246 e. The number of fused-ring (bicyclic) bond motifs is 3. The molecule has 0 amide bonds. The molecule has 70 heavy (non-hydrogen) atoms. The summed E-state index contributed by atoms with van der Waals surface area (Å²) in [5, 5.41) is 2.11. The average molecular weight is 893 g/mol. The standard InChI is InChI=1S/C68H48N2/c1-7-19-51(20-8-1)63(52-21-9-2-10-22-52)65(55-27-15-5-16-28-55)57-37-31-49(32-38-57)35-45-61-47-43-59-41-42-60-44-48-62(70-68(60)67(59)69-61)46-36-50-33-39-58(40-34-50)66(56-29-17-6-18-30-56)64(53-23-11-3-12-24-53)54-25-13-4-14-26-54/h1-48H/b45-35+,46-36+. The van der Waals surface area contributed by atoms with Crippen molar-refractivity contribution >= 4 is 68.4 Å². The minimum Gasteiger partial charge on any atom is -0.246 e. The molecule has 2 heteroatoms. The molecule has 0 bridgehead atoms. The lowest BCUT2D eigenvalue weighted by atomic mass is 9.85. The van der Waals surface area contributed by atoms with Gasteiger partial charge in [0.05, 0.1) is 22.4 Å². The van der Waals surface area contributed by atoms with Crippen molar-refractivity contribution in [2.75, 3.05) is 0 Å². The van der Waals surface area contributed by atoms with Crippen molar-refractivity contribution in [1.29, 1.82) is 0 Å². The van der Waals surface area contributed by atoms with Gasteiger partial charge in [-0.05, 0) is 102 Å². The molecule has 11 rings (SSSR count). The zero-order valence-corrected chi connectivity index (χ0v) is 38.6. The van der Waals surface area contributed by atoms with Gasteiger partial charge in [-0.15, -0.1) is 0 Å². The Bertz CT molecular complexity index is 3340. The lowest BCUT2D eigenvalue weighted by Gasteiger charge is -2.18. The molecule has 0 atom stereocenters. The highest BCUT2D eigenvalue weighted by Gasteiger charge is 2.18. The van der Waals surface area contributed by atoms with E-state index in [0.29, 0.717) is 0 Å². The van der Waals surface area contributed by atoms with Crippen LogP contribution in [0.2, 0.25) is 0 Å². The lowest BCUT2D eigenvalue weighted by Crippen LogP contribution is -1.97. The molecule has 0 spiro atoms. The number of rotatable bonds is 12. The molecule has 0 saturated carbocycles. The Morgan fingerprint density at radius 1 is 0.214 bits per heavy atom. The van der Waals surface area contributed by atoms with Crippen LogP contribution in [-0.2, 0) is 0 Å².